The van der Waals surface area contributed by atoms with Crippen molar-refractivity contribution in [2.75, 3.05) is 13.7 Å². The van der Waals surface area contributed by atoms with Crippen LogP contribution in [0.5, 0.6) is 5.75 Å². The van der Waals surface area contributed by atoms with Crippen LogP contribution in [0, 0.1) is 0 Å². The molecule has 1 aliphatic rings. The molecule has 4 aromatic heterocycles. The van der Waals surface area contributed by atoms with E-state index in [4.69, 9.17) is 24.4 Å². The highest BCUT2D eigenvalue weighted by molar-refractivity contribution is 7.15. The van der Waals surface area contributed by atoms with Gasteiger partial charge in [-0.1, -0.05) is 19.1 Å². The molecule has 0 N–H and O–H groups in total. The Bertz CT molecular complexity index is 2070. The van der Waals surface area contributed by atoms with Crippen molar-refractivity contribution in [3.63, 3.8) is 0 Å². The first-order valence-electron chi connectivity index (χ1n) is 14.2. The second-order valence-electron chi connectivity index (χ2n) is 10.3. The number of hydrogen-bond donors (Lipinski definition) is 0. The molecule has 0 bridgehead atoms. The lowest BCUT2D eigenvalue weighted by atomic mass is 9.95. The van der Waals surface area contributed by atoms with E-state index in [1.165, 1.54) is 18.4 Å². The van der Waals surface area contributed by atoms with Crippen molar-refractivity contribution in [1.29, 1.82) is 0 Å². The molecule has 0 saturated carbocycles. The number of carbonyl (C=O) groups is 1. The van der Waals surface area contributed by atoms with Crippen LogP contribution < -0.4 is 10.3 Å². The fraction of sp³-hybridized carbons (Fsp3) is 0.281. The summed E-state index contributed by atoms with van der Waals surface area (Å²) in [6.45, 7) is 4.47. The van der Waals surface area contributed by atoms with Crippen LogP contribution in [-0.2, 0) is 24.0 Å². The van der Waals surface area contributed by atoms with E-state index in [-0.39, 0.29) is 5.56 Å². The topological polar surface area (TPSA) is 101 Å². The van der Waals surface area contributed by atoms with E-state index in [9.17, 15) is 9.59 Å². The Morgan fingerprint density at radius 3 is 2.38 bits per heavy atom. The van der Waals surface area contributed by atoms with Crippen molar-refractivity contribution in [2.24, 2.45) is 0 Å². The molecule has 0 radical (unpaired) electrons. The Morgan fingerprint density at radius 1 is 0.929 bits per heavy atom. The van der Waals surface area contributed by atoms with Crippen molar-refractivity contribution < 1.29 is 14.3 Å². The van der Waals surface area contributed by atoms with E-state index in [1.54, 1.807) is 4.57 Å². The fourth-order valence-electron chi connectivity index (χ4n) is 5.91. The molecule has 42 heavy (non-hydrogen) atoms. The zero-order valence-corrected chi connectivity index (χ0v) is 24.5. The van der Waals surface area contributed by atoms with Gasteiger partial charge in [0, 0.05) is 17.0 Å². The van der Waals surface area contributed by atoms with Crippen molar-refractivity contribution in [3.8, 4) is 16.4 Å². The van der Waals surface area contributed by atoms with Crippen LogP contribution in [-0.4, -0.2) is 43.8 Å². The second-order valence-corrected chi connectivity index (χ2v) is 11.3. The number of para-hydroxylation sites is 2. The van der Waals surface area contributed by atoms with Crippen LogP contribution in [0.4, 0.5) is 0 Å². The summed E-state index contributed by atoms with van der Waals surface area (Å²) in [6, 6.07) is 15.3. The third-order valence-electron chi connectivity index (χ3n) is 7.81. The molecule has 0 aliphatic heterocycles. The lowest BCUT2D eigenvalue weighted by molar-refractivity contribution is 0.0600. The third-order valence-corrected chi connectivity index (χ3v) is 9.09. The smallest absolute Gasteiger partial charge is 0.341 e. The predicted octanol–water partition coefficient (Wildman–Crippen LogP) is 5.96. The van der Waals surface area contributed by atoms with Crippen LogP contribution >= 0.6 is 11.3 Å². The number of aryl methyl sites for hydroxylation is 2. The van der Waals surface area contributed by atoms with E-state index in [2.05, 4.69) is 0 Å². The first kappa shape index (κ1) is 26.3. The largest absolute Gasteiger partial charge is 0.494 e. The van der Waals surface area contributed by atoms with Crippen LogP contribution in [0.25, 0.3) is 43.9 Å². The molecular weight excluding hydrogens is 550 g/mol. The molecule has 1 aliphatic carbocycles. The van der Waals surface area contributed by atoms with Gasteiger partial charge in [-0.05, 0) is 74.6 Å². The Labute approximate surface area is 245 Å². The number of thiophene rings is 1. The zero-order chi connectivity index (χ0) is 29.0. The van der Waals surface area contributed by atoms with Gasteiger partial charge in [-0.25, -0.2) is 19.7 Å². The maximum absolute atomic E-state index is 14.7. The van der Waals surface area contributed by atoms with E-state index in [1.807, 2.05) is 66.9 Å². The second kappa shape index (κ2) is 10.4. The summed E-state index contributed by atoms with van der Waals surface area (Å²) in [5, 5.41) is 0.928. The Kier molecular flexibility index (Phi) is 6.50. The molecule has 212 valence electrons. The third kappa shape index (κ3) is 4.00. The number of benzene rings is 2. The molecule has 2 aromatic carbocycles. The standard InChI is InChI=1S/C32H29N5O4S/c1-4-24-35-28-26(30(38)37(24)31-25(32(39)40-3)20-10-6-9-13-23(20)42-31)27-29(34-22-12-8-7-11-21(22)33-27)36(28)18-14-16-19(17-15-18)41-5-2/h7-8,11-12,14-17H,4-6,9-10,13H2,1-3H3. The number of fused-ring (bicyclic) bond motifs is 5. The van der Waals surface area contributed by atoms with Crippen molar-refractivity contribution in [2.45, 2.75) is 46.0 Å². The number of esters is 1. The van der Waals surface area contributed by atoms with Gasteiger partial charge in [0.2, 0.25) is 0 Å². The van der Waals surface area contributed by atoms with Gasteiger partial charge in [0.15, 0.2) is 11.3 Å². The summed E-state index contributed by atoms with van der Waals surface area (Å²) in [5.41, 5.74) is 4.85. The summed E-state index contributed by atoms with van der Waals surface area (Å²) in [6.07, 6.45) is 4.19. The molecular formula is C32H29N5O4S. The summed E-state index contributed by atoms with van der Waals surface area (Å²) < 4.78 is 14.4. The molecule has 0 spiro atoms. The fourth-order valence-corrected chi connectivity index (χ4v) is 7.30. The first-order valence-corrected chi connectivity index (χ1v) is 15.0. The lowest BCUT2D eigenvalue weighted by Crippen LogP contribution is -2.25. The van der Waals surface area contributed by atoms with Crippen LogP contribution in [0.15, 0.2) is 53.3 Å². The minimum atomic E-state index is -0.430. The minimum absolute atomic E-state index is 0.278. The van der Waals surface area contributed by atoms with Crippen LogP contribution in [0.2, 0.25) is 0 Å². The van der Waals surface area contributed by atoms with Crippen LogP contribution in [0.1, 0.15) is 53.3 Å². The number of rotatable bonds is 6. The highest BCUT2D eigenvalue weighted by atomic mass is 32.1. The highest BCUT2D eigenvalue weighted by Gasteiger charge is 2.30. The average Bonchev–Trinajstić information content (AvgIpc) is 3.55. The maximum atomic E-state index is 14.7. The highest BCUT2D eigenvalue weighted by Crippen LogP contribution is 2.38. The molecule has 7 rings (SSSR count). The van der Waals surface area contributed by atoms with Crippen molar-refractivity contribution in [3.05, 3.63) is 80.7 Å². The first-order chi connectivity index (χ1) is 20.5. The molecule has 6 aromatic rings. The van der Waals surface area contributed by atoms with Gasteiger partial charge in [0.25, 0.3) is 5.56 Å². The van der Waals surface area contributed by atoms with Gasteiger partial charge in [0.05, 0.1) is 30.3 Å². The molecule has 0 amide bonds. The molecule has 0 fully saturated rings. The Hall–Kier alpha value is -4.57. The van der Waals surface area contributed by atoms with Gasteiger partial charge >= 0.3 is 5.97 Å². The lowest BCUT2D eigenvalue weighted by Gasteiger charge is -2.14. The zero-order valence-electron chi connectivity index (χ0n) is 23.6. The number of nitrogens with zero attached hydrogens (tertiary/aromatic N) is 5. The summed E-state index contributed by atoms with van der Waals surface area (Å²) in [5.74, 6) is 0.872. The van der Waals surface area contributed by atoms with Crippen molar-refractivity contribution >= 4 is 50.5 Å². The van der Waals surface area contributed by atoms with Gasteiger partial charge in [-0.2, -0.15) is 0 Å². The number of hydrogen-bond acceptors (Lipinski definition) is 8. The molecule has 4 heterocycles. The van der Waals surface area contributed by atoms with E-state index >= 15 is 0 Å². The summed E-state index contributed by atoms with van der Waals surface area (Å²) in [4.78, 5) is 44.0. The normalized spacial score (nSPS) is 13.1. The number of carbonyl (C=O) groups excluding carboxylic acids is 1. The van der Waals surface area contributed by atoms with Gasteiger partial charge in [0.1, 0.15) is 27.5 Å². The molecule has 0 saturated heterocycles. The molecule has 0 unspecified atom stereocenters. The summed E-state index contributed by atoms with van der Waals surface area (Å²) >= 11 is 1.49. The number of methoxy groups -OCH3 is 1. The molecule has 9 nitrogen and oxygen atoms in total. The van der Waals surface area contributed by atoms with Gasteiger partial charge < -0.3 is 9.47 Å². The minimum Gasteiger partial charge on any atom is -0.494 e. The van der Waals surface area contributed by atoms with E-state index in [0.717, 1.165) is 53.1 Å². The molecule has 10 heteroatoms. The number of ether oxygens (including phenoxy) is 2. The monoisotopic (exact) mass is 579 g/mol. The predicted molar refractivity (Wildman–Crippen MR) is 164 cm³/mol. The number of aromatic nitrogens is 5. The van der Waals surface area contributed by atoms with Crippen LogP contribution in [0.3, 0.4) is 0 Å². The van der Waals surface area contributed by atoms with E-state index in [0.29, 0.717) is 57.1 Å². The maximum Gasteiger partial charge on any atom is 0.341 e. The van der Waals surface area contributed by atoms with E-state index < -0.39 is 5.97 Å². The van der Waals surface area contributed by atoms with Gasteiger partial charge in [-0.3, -0.25) is 13.9 Å². The SMILES string of the molecule is CCOc1ccc(-n2c3nc4ccccc4nc3c3c(=O)n(-c4sc5c(c4C(=O)OC)CCCC5)c(CC)nc32)cc1. The Morgan fingerprint density at radius 2 is 1.67 bits per heavy atom. The molecule has 0 atom stereocenters. The summed E-state index contributed by atoms with van der Waals surface area (Å²) in [7, 11) is 1.38. The quantitative estimate of drug-likeness (QED) is 0.224. The average molecular weight is 580 g/mol. The Balaban J connectivity index is 1.60. The van der Waals surface area contributed by atoms with Gasteiger partial charge in [-0.15, -0.1) is 11.3 Å². The van der Waals surface area contributed by atoms with Crippen molar-refractivity contribution in [1.82, 2.24) is 24.1 Å².